The lowest BCUT2D eigenvalue weighted by molar-refractivity contribution is -0.121. The van der Waals surface area contributed by atoms with Crippen LogP contribution in [0.4, 0.5) is 0 Å². The number of aryl methyl sites for hydroxylation is 1. The van der Waals surface area contributed by atoms with E-state index in [0.717, 1.165) is 35.7 Å². The van der Waals surface area contributed by atoms with Crippen molar-refractivity contribution in [3.63, 3.8) is 0 Å². The Balaban J connectivity index is 1.88. The molecule has 4 nitrogen and oxygen atoms in total. The molecule has 0 unspecified atom stereocenters. The lowest BCUT2D eigenvalue weighted by atomic mass is 10.1. The molecule has 4 heteroatoms. The van der Waals surface area contributed by atoms with Gasteiger partial charge in [-0.3, -0.25) is 4.79 Å². The molecule has 0 aliphatic rings. The summed E-state index contributed by atoms with van der Waals surface area (Å²) in [5.74, 6) is 2.53. The van der Waals surface area contributed by atoms with Crippen LogP contribution in [-0.4, -0.2) is 19.1 Å². The van der Waals surface area contributed by atoms with Crippen molar-refractivity contribution in [2.75, 3.05) is 7.11 Å². The summed E-state index contributed by atoms with van der Waals surface area (Å²) >= 11 is 0. The van der Waals surface area contributed by atoms with E-state index in [0.29, 0.717) is 12.8 Å². The van der Waals surface area contributed by atoms with E-state index in [1.807, 2.05) is 43.3 Å². The third-order valence-corrected chi connectivity index (χ3v) is 3.76. The van der Waals surface area contributed by atoms with Gasteiger partial charge in [-0.2, -0.15) is 0 Å². The van der Waals surface area contributed by atoms with Gasteiger partial charge in [0.15, 0.2) is 0 Å². The summed E-state index contributed by atoms with van der Waals surface area (Å²) < 4.78 is 11.0. The van der Waals surface area contributed by atoms with Gasteiger partial charge in [-0.05, 0) is 49.7 Å². The van der Waals surface area contributed by atoms with Crippen LogP contribution in [0, 0.1) is 0 Å². The molecule has 1 heterocycles. The molecule has 0 saturated heterocycles. The lowest BCUT2D eigenvalue weighted by Crippen LogP contribution is -2.32. The zero-order valence-electron chi connectivity index (χ0n) is 14.1. The molecule has 1 N–H and O–H groups in total. The molecule has 1 aromatic carbocycles. The minimum Gasteiger partial charge on any atom is -0.497 e. The molecule has 0 radical (unpaired) electrons. The number of hydrogen-bond acceptors (Lipinski definition) is 3. The zero-order chi connectivity index (χ0) is 16.7. The van der Waals surface area contributed by atoms with Crippen LogP contribution in [0.3, 0.4) is 0 Å². The Morgan fingerprint density at radius 3 is 2.61 bits per heavy atom. The molecular weight excluding hydrogens is 290 g/mol. The molecule has 0 spiro atoms. The summed E-state index contributed by atoms with van der Waals surface area (Å²) in [7, 11) is 1.65. The van der Waals surface area contributed by atoms with E-state index in [1.165, 1.54) is 0 Å². The molecule has 124 valence electrons. The molecule has 0 aliphatic heterocycles. The third kappa shape index (κ3) is 5.16. The van der Waals surface area contributed by atoms with Crippen molar-refractivity contribution >= 4 is 5.91 Å². The highest BCUT2D eigenvalue weighted by Crippen LogP contribution is 2.24. The Labute approximate surface area is 137 Å². The van der Waals surface area contributed by atoms with E-state index in [-0.39, 0.29) is 11.9 Å². The molecule has 1 aromatic heterocycles. The zero-order valence-corrected chi connectivity index (χ0v) is 14.1. The van der Waals surface area contributed by atoms with Crippen LogP contribution in [0.5, 0.6) is 5.75 Å². The van der Waals surface area contributed by atoms with Gasteiger partial charge in [0.25, 0.3) is 0 Å². The Kier molecular flexibility index (Phi) is 6.27. The number of ether oxygens (including phenoxy) is 1. The van der Waals surface area contributed by atoms with Crippen molar-refractivity contribution in [1.29, 1.82) is 0 Å². The predicted octanol–water partition coefficient (Wildman–Crippen LogP) is 4.19. The summed E-state index contributed by atoms with van der Waals surface area (Å²) in [5, 5.41) is 3.01. The number of carbonyl (C=O) groups excluding carboxylic acids is 1. The number of hydrogen-bond donors (Lipinski definition) is 1. The summed E-state index contributed by atoms with van der Waals surface area (Å²) in [6.45, 7) is 4.16. The summed E-state index contributed by atoms with van der Waals surface area (Å²) in [5.41, 5.74) is 0.998. The van der Waals surface area contributed by atoms with Crippen LogP contribution in [0.2, 0.25) is 0 Å². The van der Waals surface area contributed by atoms with Gasteiger partial charge in [0.1, 0.15) is 17.3 Å². The first-order valence-corrected chi connectivity index (χ1v) is 8.15. The normalized spacial score (nSPS) is 12.0. The van der Waals surface area contributed by atoms with Gasteiger partial charge in [-0.15, -0.1) is 0 Å². The van der Waals surface area contributed by atoms with Crippen LogP contribution in [0.25, 0.3) is 11.3 Å². The first-order chi connectivity index (χ1) is 11.1. The van der Waals surface area contributed by atoms with Crippen molar-refractivity contribution in [3.05, 3.63) is 42.2 Å². The standard InChI is InChI=1S/C19H25NO3/c1-4-5-14(2)20-19(21)13-11-17-10-12-18(23-17)15-6-8-16(22-3)9-7-15/h6-10,12,14H,4-5,11,13H2,1-3H3,(H,20,21)/t14-/m0/s1. The molecule has 2 rings (SSSR count). The average molecular weight is 315 g/mol. The maximum atomic E-state index is 11.9. The number of methoxy groups -OCH3 is 1. The van der Waals surface area contributed by atoms with Crippen molar-refractivity contribution in [2.45, 2.75) is 45.6 Å². The van der Waals surface area contributed by atoms with Gasteiger partial charge in [0, 0.05) is 24.4 Å². The first-order valence-electron chi connectivity index (χ1n) is 8.15. The number of carbonyl (C=O) groups is 1. The molecule has 1 atom stereocenters. The Morgan fingerprint density at radius 2 is 1.96 bits per heavy atom. The van der Waals surface area contributed by atoms with Gasteiger partial charge < -0.3 is 14.5 Å². The molecule has 0 aliphatic carbocycles. The second-order valence-electron chi connectivity index (χ2n) is 5.75. The molecule has 2 aromatic rings. The highest BCUT2D eigenvalue weighted by molar-refractivity contribution is 5.76. The highest BCUT2D eigenvalue weighted by Gasteiger charge is 2.09. The Morgan fingerprint density at radius 1 is 1.22 bits per heavy atom. The first kappa shape index (κ1) is 17.1. The second-order valence-corrected chi connectivity index (χ2v) is 5.75. The van der Waals surface area contributed by atoms with Gasteiger partial charge in [-0.1, -0.05) is 13.3 Å². The summed E-state index contributed by atoms with van der Waals surface area (Å²) in [6, 6.07) is 11.8. The smallest absolute Gasteiger partial charge is 0.220 e. The fraction of sp³-hybridized carbons (Fsp3) is 0.421. The van der Waals surface area contributed by atoms with E-state index in [1.54, 1.807) is 7.11 Å². The average Bonchev–Trinajstić information content (AvgIpc) is 3.02. The van der Waals surface area contributed by atoms with E-state index in [2.05, 4.69) is 12.2 Å². The van der Waals surface area contributed by atoms with Crippen molar-refractivity contribution < 1.29 is 13.9 Å². The molecule has 0 saturated carbocycles. The van der Waals surface area contributed by atoms with Crippen LogP contribution in [-0.2, 0) is 11.2 Å². The molecule has 23 heavy (non-hydrogen) atoms. The van der Waals surface area contributed by atoms with E-state index < -0.39 is 0 Å². The minimum atomic E-state index is 0.0772. The number of nitrogens with one attached hydrogen (secondary N) is 1. The predicted molar refractivity (Wildman–Crippen MR) is 91.5 cm³/mol. The number of furan rings is 1. The van der Waals surface area contributed by atoms with Gasteiger partial charge in [-0.25, -0.2) is 0 Å². The fourth-order valence-corrected chi connectivity index (χ4v) is 2.51. The van der Waals surface area contributed by atoms with Gasteiger partial charge >= 0.3 is 0 Å². The number of rotatable bonds is 8. The summed E-state index contributed by atoms with van der Waals surface area (Å²) in [4.78, 5) is 11.9. The third-order valence-electron chi connectivity index (χ3n) is 3.76. The van der Waals surface area contributed by atoms with Crippen molar-refractivity contribution in [2.24, 2.45) is 0 Å². The van der Waals surface area contributed by atoms with E-state index >= 15 is 0 Å². The maximum Gasteiger partial charge on any atom is 0.220 e. The second kappa shape index (κ2) is 8.42. The van der Waals surface area contributed by atoms with E-state index in [4.69, 9.17) is 9.15 Å². The van der Waals surface area contributed by atoms with Crippen LogP contribution >= 0.6 is 0 Å². The van der Waals surface area contributed by atoms with Crippen LogP contribution in [0.1, 0.15) is 38.9 Å². The Bertz CT molecular complexity index is 616. The maximum absolute atomic E-state index is 11.9. The van der Waals surface area contributed by atoms with Gasteiger partial charge in [0.2, 0.25) is 5.91 Å². The van der Waals surface area contributed by atoms with Crippen LogP contribution < -0.4 is 10.1 Å². The molecule has 0 fully saturated rings. The SMILES string of the molecule is CCC[C@H](C)NC(=O)CCc1ccc(-c2ccc(OC)cc2)o1. The Hall–Kier alpha value is -2.23. The lowest BCUT2D eigenvalue weighted by Gasteiger charge is -2.12. The van der Waals surface area contributed by atoms with E-state index in [9.17, 15) is 4.79 Å². The molecule has 0 bridgehead atoms. The molecule has 1 amide bonds. The van der Waals surface area contributed by atoms with Crippen molar-refractivity contribution in [1.82, 2.24) is 5.32 Å². The minimum absolute atomic E-state index is 0.0772. The quantitative estimate of drug-likeness (QED) is 0.794. The largest absolute Gasteiger partial charge is 0.497 e. The fourth-order valence-electron chi connectivity index (χ4n) is 2.51. The highest BCUT2D eigenvalue weighted by atomic mass is 16.5. The van der Waals surface area contributed by atoms with Gasteiger partial charge in [0.05, 0.1) is 7.11 Å². The number of benzene rings is 1. The summed E-state index contributed by atoms with van der Waals surface area (Å²) in [6.07, 6.45) is 3.14. The monoisotopic (exact) mass is 315 g/mol. The topological polar surface area (TPSA) is 51.5 Å². The van der Waals surface area contributed by atoms with Crippen molar-refractivity contribution in [3.8, 4) is 17.1 Å². The number of amides is 1. The molecular formula is C19H25NO3. The van der Waals surface area contributed by atoms with Crippen LogP contribution in [0.15, 0.2) is 40.8 Å².